The molecule has 3 heterocycles. The Kier molecular flexibility index (Phi) is 5.40. The van der Waals surface area contributed by atoms with E-state index in [1.165, 1.54) is 36.8 Å². The fraction of sp³-hybridized carbons (Fsp3) is 0.400. The van der Waals surface area contributed by atoms with Crippen LogP contribution in [-0.4, -0.2) is 66.9 Å². The van der Waals surface area contributed by atoms with Crippen LogP contribution < -0.4 is 10.6 Å². The first-order chi connectivity index (χ1) is 13.6. The number of hydrogen-bond donors (Lipinski definition) is 2. The molecule has 8 heteroatoms. The van der Waals surface area contributed by atoms with Gasteiger partial charge in [0.2, 0.25) is 0 Å². The van der Waals surface area contributed by atoms with Crippen molar-refractivity contribution in [2.24, 2.45) is 0 Å². The van der Waals surface area contributed by atoms with Crippen molar-refractivity contribution in [2.45, 2.75) is 12.5 Å². The first-order valence-corrected chi connectivity index (χ1v) is 9.49. The quantitative estimate of drug-likeness (QED) is 0.838. The summed E-state index contributed by atoms with van der Waals surface area (Å²) in [6.07, 6.45) is 3.60. The molecule has 148 valence electrons. The third-order valence-electron chi connectivity index (χ3n) is 5.36. The molecule has 7 nitrogen and oxygen atoms in total. The van der Waals surface area contributed by atoms with Crippen LogP contribution in [0.25, 0.3) is 0 Å². The summed E-state index contributed by atoms with van der Waals surface area (Å²) in [4.78, 5) is 29.6. The first-order valence-electron chi connectivity index (χ1n) is 9.49. The maximum absolute atomic E-state index is 13.8. The van der Waals surface area contributed by atoms with Gasteiger partial charge in [-0.25, -0.2) is 4.39 Å². The highest BCUT2D eigenvalue weighted by Gasteiger charge is 2.32. The normalized spacial score (nSPS) is 20.3. The van der Waals surface area contributed by atoms with Crippen LogP contribution in [0.2, 0.25) is 0 Å². The third kappa shape index (κ3) is 3.93. The van der Waals surface area contributed by atoms with Gasteiger partial charge in [-0.05, 0) is 30.7 Å². The molecule has 0 saturated carbocycles. The SMILES string of the molecule is O=C(Nc1cc(F)ccc1C(=O)N1CCC(N2CCNCC2)C1)c1ccoc1. The fourth-order valence-corrected chi connectivity index (χ4v) is 3.84. The molecule has 1 atom stereocenters. The monoisotopic (exact) mass is 386 g/mol. The van der Waals surface area contributed by atoms with Crippen LogP contribution in [0, 0.1) is 5.82 Å². The van der Waals surface area contributed by atoms with E-state index in [-0.39, 0.29) is 11.6 Å². The predicted octanol–water partition coefficient (Wildman–Crippen LogP) is 1.79. The summed E-state index contributed by atoms with van der Waals surface area (Å²) in [5, 5.41) is 5.96. The van der Waals surface area contributed by atoms with E-state index in [0.717, 1.165) is 32.6 Å². The lowest BCUT2D eigenvalue weighted by molar-refractivity contribution is 0.0774. The van der Waals surface area contributed by atoms with Crippen molar-refractivity contribution in [3.8, 4) is 0 Å². The van der Waals surface area contributed by atoms with Crippen LogP contribution in [0.4, 0.5) is 10.1 Å². The highest BCUT2D eigenvalue weighted by atomic mass is 19.1. The van der Waals surface area contributed by atoms with E-state index < -0.39 is 11.7 Å². The highest BCUT2D eigenvalue weighted by Crippen LogP contribution is 2.24. The van der Waals surface area contributed by atoms with E-state index >= 15 is 0 Å². The summed E-state index contributed by atoms with van der Waals surface area (Å²) < 4.78 is 18.7. The van der Waals surface area contributed by atoms with Gasteiger partial charge >= 0.3 is 0 Å². The number of furan rings is 1. The second-order valence-corrected chi connectivity index (χ2v) is 7.14. The van der Waals surface area contributed by atoms with Crippen molar-refractivity contribution in [1.82, 2.24) is 15.1 Å². The van der Waals surface area contributed by atoms with Gasteiger partial charge in [0.25, 0.3) is 11.8 Å². The van der Waals surface area contributed by atoms with Gasteiger partial charge in [0.1, 0.15) is 12.1 Å². The Morgan fingerprint density at radius 1 is 1.18 bits per heavy atom. The minimum absolute atomic E-state index is 0.168. The van der Waals surface area contributed by atoms with Gasteiger partial charge in [-0.3, -0.25) is 14.5 Å². The summed E-state index contributed by atoms with van der Waals surface area (Å²) >= 11 is 0. The van der Waals surface area contributed by atoms with Crippen molar-refractivity contribution < 1.29 is 18.4 Å². The number of anilines is 1. The Labute approximate surface area is 162 Å². The molecule has 2 aliphatic rings. The van der Waals surface area contributed by atoms with Gasteiger partial charge in [0, 0.05) is 45.3 Å². The van der Waals surface area contributed by atoms with Crippen molar-refractivity contribution >= 4 is 17.5 Å². The Morgan fingerprint density at radius 3 is 2.75 bits per heavy atom. The first kappa shape index (κ1) is 18.6. The summed E-state index contributed by atoms with van der Waals surface area (Å²) in [5.41, 5.74) is 0.767. The standard InChI is InChI=1S/C20H23FN4O3/c21-15-1-2-17(18(11-15)23-19(26)14-4-10-28-13-14)20(27)25-7-3-16(12-25)24-8-5-22-6-9-24/h1-2,4,10-11,13,16,22H,3,5-9,12H2,(H,23,26). The molecule has 0 bridgehead atoms. The largest absolute Gasteiger partial charge is 0.472 e. The molecule has 2 aromatic rings. The summed E-state index contributed by atoms with van der Waals surface area (Å²) in [6, 6.07) is 5.70. The molecule has 2 amide bonds. The molecular weight excluding hydrogens is 363 g/mol. The zero-order valence-electron chi connectivity index (χ0n) is 15.5. The van der Waals surface area contributed by atoms with Gasteiger partial charge in [0.15, 0.2) is 0 Å². The lowest BCUT2D eigenvalue weighted by Gasteiger charge is -2.32. The maximum Gasteiger partial charge on any atom is 0.258 e. The van der Waals surface area contributed by atoms with Gasteiger partial charge in [-0.2, -0.15) is 0 Å². The number of halogens is 1. The van der Waals surface area contributed by atoms with Crippen LogP contribution in [0.3, 0.4) is 0 Å². The zero-order valence-corrected chi connectivity index (χ0v) is 15.5. The van der Waals surface area contributed by atoms with Crippen LogP contribution in [-0.2, 0) is 0 Å². The number of hydrogen-bond acceptors (Lipinski definition) is 5. The Balaban J connectivity index is 1.49. The smallest absolute Gasteiger partial charge is 0.258 e. The van der Waals surface area contributed by atoms with Crippen LogP contribution in [0.15, 0.2) is 41.2 Å². The lowest BCUT2D eigenvalue weighted by Crippen LogP contribution is -2.49. The number of likely N-dealkylation sites (tertiary alicyclic amines) is 1. The Morgan fingerprint density at radius 2 is 2.00 bits per heavy atom. The summed E-state index contributed by atoms with van der Waals surface area (Å²) in [6.45, 7) is 5.19. The molecule has 1 aromatic carbocycles. The van der Waals surface area contributed by atoms with E-state index in [1.54, 1.807) is 4.90 Å². The zero-order chi connectivity index (χ0) is 19.5. The number of nitrogens with one attached hydrogen (secondary N) is 2. The van der Waals surface area contributed by atoms with E-state index in [9.17, 15) is 14.0 Å². The molecule has 2 aliphatic heterocycles. The topological polar surface area (TPSA) is 77.8 Å². The number of piperazine rings is 1. The van der Waals surface area contributed by atoms with E-state index in [0.29, 0.717) is 30.3 Å². The molecule has 2 saturated heterocycles. The molecule has 1 aromatic heterocycles. The second-order valence-electron chi connectivity index (χ2n) is 7.14. The average molecular weight is 386 g/mol. The molecule has 0 radical (unpaired) electrons. The van der Waals surface area contributed by atoms with Gasteiger partial charge in [-0.1, -0.05) is 0 Å². The summed E-state index contributed by atoms with van der Waals surface area (Å²) in [5.74, 6) is -1.16. The number of benzene rings is 1. The van der Waals surface area contributed by atoms with E-state index in [4.69, 9.17) is 4.42 Å². The highest BCUT2D eigenvalue weighted by molar-refractivity contribution is 6.08. The fourth-order valence-electron chi connectivity index (χ4n) is 3.84. The predicted molar refractivity (Wildman–Crippen MR) is 102 cm³/mol. The third-order valence-corrected chi connectivity index (χ3v) is 5.36. The molecule has 2 N–H and O–H groups in total. The minimum Gasteiger partial charge on any atom is -0.472 e. The van der Waals surface area contributed by atoms with Crippen molar-refractivity contribution in [3.63, 3.8) is 0 Å². The molecular formula is C20H23FN4O3. The number of rotatable bonds is 4. The molecule has 28 heavy (non-hydrogen) atoms. The van der Waals surface area contributed by atoms with Crippen LogP contribution in [0.5, 0.6) is 0 Å². The van der Waals surface area contributed by atoms with Crippen LogP contribution in [0.1, 0.15) is 27.1 Å². The van der Waals surface area contributed by atoms with Crippen molar-refractivity contribution in [2.75, 3.05) is 44.6 Å². The van der Waals surface area contributed by atoms with Crippen molar-refractivity contribution in [3.05, 3.63) is 53.7 Å². The van der Waals surface area contributed by atoms with E-state index in [1.807, 2.05) is 0 Å². The van der Waals surface area contributed by atoms with Gasteiger partial charge in [-0.15, -0.1) is 0 Å². The maximum atomic E-state index is 13.8. The van der Waals surface area contributed by atoms with Crippen molar-refractivity contribution in [1.29, 1.82) is 0 Å². The molecule has 0 aliphatic carbocycles. The number of carbonyl (C=O) groups excluding carboxylic acids is 2. The van der Waals surface area contributed by atoms with Gasteiger partial charge in [0.05, 0.1) is 23.1 Å². The lowest BCUT2D eigenvalue weighted by atomic mass is 10.1. The molecule has 2 fully saturated rings. The number of carbonyl (C=O) groups is 2. The number of amides is 2. The van der Waals surface area contributed by atoms with Gasteiger partial charge < -0.3 is 20.0 Å². The Bertz CT molecular complexity index is 849. The molecule has 0 spiro atoms. The second kappa shape index (κ2) is 8.12. The van der Waals surface area contributed by atoms with E-state index in [2.05, 4.69) is 15.5 Å². The minimum atomic E-state index is -0.515. The molecule has 4 rings (SSSR count). The van der Waals surface area contributed by atoms with Crippen LogP contribution >= 0.6 is 0 Å². The Hall–Kier alpha value is -2.71. The number of nitrogens with zero attached hydrogens (tertiary/aromatic N) is 2. The molecule has 1 unspecified atom stereocenters. The summed E-state index contributed by atoms with van der Waals surface area (Å²) in [7, 11) is 0. The average Bonchev–Trinajstić information content (AvgIpc) is 3.41.